The van der Waals surface area contributed by atoms with E-state index in [1.807, 2.05) is 0 Å². The highest BCUT2D eigenvalue weighted by Gasteiger charge is 2.27. The van der Waals surface area contributed by atoms with Gasteiger partial charge >= 0.3 is 0 Å². The zero-order valence-corrected chi connectivity index (χ0v) is 11.2. The summed E-state index contributed by atoms with van der Waals surface area (Å²) in [6.45, 7) is 0. The first-order valence-electron chi connectivity index (χ1n) is 7.22. The van der Waals surface area contributed by atoms with Gasteiger partial charge in [-0.3, -0.25) is 0 Å². The SMILES string of the molecule is c1cc2cc(c1)Cc1c(ccc3c1-c1ccccc1-3)C2. The lowest BCUT2D eigenvalue weighted by Crippen LogP contribution is -2.06. The standard InChI is InChI=1S/C20H14/c1-2-7-17-16(6-1)18-9-8-15-11-13-4-3-5-14(10-13)12-19(15)20(17)18/h1-10H,11-12H2. The maximum atomic E-state index is 2.36. The molecule has 5 rings (SSSR count). The van der Waals surface area contributed by atoms with E-state index in [0.29, 0.717) is 0 Å². The highest BCUT2D eigenvalue weighted by Crippen LogP contribution is 2.50. The topological polar surface area (TPSA) is 0 Å². The molecule has 2 aliphatic carbocycles. The van der Waals surface area contributed by atoms with Gasteiger partial charge in [0.2, 0.25) is 0 Å². The van der Waals surface area contributed by atoms with Gasteiger partial charge in [0.05, 0.1) is 0 Å². The Morgan fingerprint density at radius 3 is 2.30 bits per heavy atom. The van der Waals surface area contributed by atoms with Gasteiger partial charge in [-0.15, -0.1) is 0 Å². The van der Waals surface area contributed by atoms with Crippen LogP contribution in [0.2, 0.25) is 0 Å². The molecule has 0 fully saturated rings. The van der Waals surface area contributed by atoms with Crippen molar-refractivity contribution >= 4 is 0 Å². The predicted molar refractivity (Wildman–Crippen MR) is 82.9 cm³/mol. The first-order valence-corrected chi connectivity index (χ1v) is 7.22. The average Bonchev–Trinajstić information content (AvgIpc) is 2.57. The summed E-state index contributed by atoms with van der Waals surface area (Å²) in [5, 5.41) is 0. The maximum Gasteiger partial charge on any atom is -0.00164 e. The number of rotatable bonds is 0. The summed E-state index contributed by atoms with van der Waals surface area (Å²) in [6.07, 6.45) is 2.14. The minimum absolute atomic E-state index is 1.07. The molecule has 0 amide bonds. The van der Waals surface area contributed by atoms with E-state index in [0.717, 1.165) is 12.8 Å². The zero-order valence-electron chi connectivity index (χ0n) is 11.2. The molecule has 0 spiro atoms. The van der Waals surface area contributed by atoms with Crippen LogP contribution in [0.4, 0.5) is 0 Å². The molecule has 0 radical (unpaired) electrons. The van der Waals surface area contributed by atoms with E-state index < -0.39 is 0 Å². The van der Waals surface area contributed by atoms with Gasteiger partial charge < -0.3 is 0 Å². The third-order valence-corrected chi connectivity index (χ3v) is 4.66. The summed E-state index contributed by atoms with van der Waals surface area (Å²) in [5.74, 6) is 0. The number of hydrogen-bond acceptors (Lipinski definition) is 0. The van der Waals surface area contributed by atoms with Crippen molar-refractivity contribution in [2.45, 2.75) is 12.8 Å². The second-order valence-corrected chi connectivity index (χ2v) is 5.84. The van der Waals surface area contributed by atoms with Gasteiger partial charge in [0, 0.05) is 0 Å². The summed E-state index contributed by atoms with van der Waals surface area (Å²) in [5.41, 5.74) is 11.7. The Hall–Kier alpha value is -2.34. The van der Waals surface area contributed by atoms with Crippen molar-refractivity contribution in [2.24, 2.45) is 0 Å². The molecule has 0 aliphatic heterocycles. The highest BCUT2D eigenvalue weighted by molar-refractivity contribution is 6.04. The fourth-order valence-corrected chi connectivity index (χ4v) is 3.74. The lowest BCUT2D eigenvalue weighted by molar-refractivity contribution is 1.14. The second-order valence-electron chi connectivity index (χ2n) is 5.84. The molecule has 0 nitrogen and oxygen atoms in total. The first-order chi connectivity index (χ1) is 9.90. The maximum absolute atomic E-state index is 2.36. The van der Waals surface area contributed by atoms with Crippen molar-refractivity contribution in [3.63, 3.8) is 0 Å². The van der Waals surface area contributed by atoms with E-state index in [-0.39, 0.29) is 0 Å². The van der Waals surface area contributed by atoms with Crippen molar-refractivity contribution in [1.82, 2.24) is 0 Å². The van der Waals surface area contributed by atoms with Crippen molar-refractivity contribution in [1.29, 1.82) is 0 Å². The van der Waals surface area contributed by atoms with Crippen molar-refractivity contribution in [2.75, 3.05) is 0 Å². The molecular formula is C20H14. The fourth-order valence-electron chi connectivity index (χ4n) is 3.74. The molecule has 0 heteroatoms. The number of benzene rings is 3. The molecule has 0 N–H and O–H groups in total. The Labute approximate surface area is 118 Å². The lowest BCUT2D eigenvalue weighted by atomic mass is 9.75. The second kappa shape index (κ2) is 3.61. The van der Waals surface area contributed by atoms with Gasteiger partial charge in [-0.1, -0.05) is 60.7 Å². The third kappa shape index (κ3) is 1.26. The minimum atomic E-state index is 1.07. The molecule has 0 unspecified atom stereocenters. The molecule has 20 heavy (non-hydrogen) atoms. The molecule has 94 valence electrons. The number of fused-ring (bicyclic) bond motifs is 8. The summed E-state index contributed by atoms with van der Waals surface area (Å²) < 4.78 is 0. The van der Waals surface area contributed by atoms with Crippen LogP contribution in [0.15, 0.2) is 60.7 Å². The minimum Gasteiger partial charge on any atom is -0.0617 e. The van der Waals surface area contributed by atoms with Crippen molar-refractivity contribution in [3.8, 4) is 22.3 Å². The van der Waals surface area contributed by atoms with E-state index in [1.54, 1.807) is 5.56 Å². The van der Waals surface area contributed by atoms with Gasteiger partial charge in [0.15, 0.2) is 0 Å². The molecule has 0 saturated carbocycles. The lowest BCUT2D eigenvalue weighted by Gasteiger charge is -2.28. The Morgan fingerprint density at radius 2 is 1.40 bits per heavy atom. The number of hydrogen-bond donors (Lipinski definition) is 0. The monoisotopic (exact) mass is 254 g/mol. The normalized spacial score (nSPS) is 13.6. The Bertz CT molecular complexity index is 856. The highest BCUT2D eigenvalue weighted by atomic mass is 14.3. The van der Waals surface area contributed by atoms with Crippen LogP contribution in [-0.2, 0) is 12.8 Å². The molecule has 0 heterocycles. The molecule has 2 aliphatic rings. The average molecular weight is 254 g/mol. The van der Waals surface area contributed by atoms with Crippen LogP contribution in [0.3, 0.4) is 0 Å². The van der Waals surface area contributed by atoms with E-state index >= 15 is 0 Å². The quantitative estimate of drug-likeness (QED) is 0.371. The van der Waals surface area contributed by atoms with Gasteiger partial charge in [-0.05, 0) is 57.3 Å². The van der Waals surface area contributed by atoms with Gasteiger partial charge in [-0.25, -0.2) is 0 Å². The molecule has 0 atom stereocenters. The summed E-state index contributed by atoms with van der Waals surface area (Å²) >= 11 is 0. The van der Waals surface area contributed by atoms with E-state index in [2.05, 4.69) is 60.7 Å². The van der Waals surface area contributed by atoms with Crippen LogP contribution in [0.5, 0.6) is 0 Å². The van der Waals surface area contributed by atoms with E-state index in [4.69, 9.17) is 0 Å². The van der Waals surface area contributed by atoms with Gasteiger partial charge in [0.1, 0.15) is 0 Å². The van der Waals surface area contributed by atoms with Crippen LogP contribution < -0.4 is 0 Å². The Balaban J connectivity index is 1.77. The van der Waals surface area contributed by atoms with Crippen molar-refractivity contribution in [3.05, 3.63) is 82.9 Å². The molecule has 0 aromatic heterocycles. The van der Waals surface area contributed by atoms with Crippen LogP contribution in [0, 0.1) is 0 Å². The molecule has 0 saturated heterocycles. The summed E-state index contributed by atoms with van der Waals surface area (Å²) in [6, 6.07) is 22.5. The van der Waals surface area contributed by atoms with Gasteiger partial charge in [0.25, 0.3) is 0 Å². The van der Waals surface area contributed by atoms with Crippen molar-refractivity contribution < 1.29 is 0 Å². The molecule has 3 aromatic rings. The Morgan fingerprint density at radius 1 is 0.600 bits per heavy atom. The molecule has 2 bridgehead atoms. The van der Waals surface area contributed by atoms with Crippen LogP contribution >= 0.6 is 0 Å². The molecular weight excluding hydrogens is 240 g/mol. The van der Waals surface area contributed by atoms with E-state index in [1.165, 1.54) is 38.9 Å². The summed E-state index contributed by atoms with van der Waals surface area (Å²) in [7, 11) is 0. The summed E-state index contributed by atoms with van der Waals surface area (Å²) in [4.78, 5) is 0. The van der Waals surface area contributed by atoms with E-state index in [9.17, 15) is 0 Å². The smallest absolute Gasteiger partial charge is 0.00164 e. The molecule has 3 aromatic carbocycles. The first kappa shape index (κ1) is 10.4. The largest absolute Gasteiger partial charge is 0.0617 e. The van der Waals surface area contributed by atoms with Crippen LogP contribution in [0.25, 0.3) is 22.3 Å². The fraction of sp³-hybridized carbons (Fsp3) is 0.100. The Kier molecular flexibility index (Phi) is 1.88. The third-order valence-electron chi connectivity index (χ3n) is 4.66. The zero-order chi connectivity index (χ0) is 13.1. The predicted octanol–water partition coefficient (Wildman–Crippen LogP) is 4.83. The van der Waals surface area contributed by atoms with Crippen LogP contribution in [0.1, 0.15) is 22.3 Å². The van der Waals surface area contributed by atoms with Crippen LogP contribution in [-0.4, -0.2) is 0 Å². The van der Waals surface area contributed by atoms with Gasteiger partial charge in [-0.2, -0.15) is 0 Å².